The van der Waals surface area contributed by atoms with E-state index in [-0.39, 0.29) is 6.04 Å². The third-order valence-corrected chi connectivity index (χ3v) is 6.13. The first-order chi connectivity index (χ1) is 7.19. The van der Waals surface area contributed by atoms with Gasteiger partial charge in [0.2, 0.25) is 0 Å². The van der Waals surface area contributed by atoms with Crippen LogP contribution in [0.1, 0.15) is 49.1 Å². The standard InChI is InChI=1S/C14H23NS/c1-8-7-9(2)16-11(8)10(15)12-13(3,4)14(12,5)6/h7,10,12H,15H2,1-6H3. The van der Waals surface area contributed by atoms with Gasteiger partial charge in [-0.3, -0.25) is 0 Å². The molecular weight excluding hydrogens is 214 g/mol. The fraction of sp³-hybridized carbons (Fsp3) is 0.714. The van der Waals surface area contributed by atoms with Crippen LogP contribution in [-0.4, -0.2) is 0 Å². The molecule has 1 aliphatic rings. The number of thiophene rings is 1. The lowest BCUT2D eigenvalue weighted by Gasteiger charge is -2.13. The highest BCUT2D eigenvalue weighted by molar-refractivity contribution is 7.12. The van der Waals surface area contributed by atoms with Gasteiger partial charge in [-0.05, 0) is 42.2 Å². The third kappa shape index (κ3) is 1.46. The maximum absolute atomic E-state index is 6.48. The van der Waals surface area contributed by atoms with Crippen LogP contribution in [0, 0.1) is 30.6 Å². The van der Waals surface area contributed by atoms with Gasteiger partial charge in [0.1, 0.15) is 0 Å². The lowest BCUT2D eigenvalue weighted by Crippen LogP contribution is -2.16. The summed E-state index contributed by atoms with van der Waals surface area (Å²) < 4.78 is 0. The van der Waals surface area contributed by atoms with Gasteiger partial charge in [-0.1, -0.05) is 27.7 Å². The zero-order chi connectivity index (χ0) is 12.3. The Morgan fingerprint density at radius 2 is 1.69 bits per heavy atom. The third-order valence-electron chi connectivity index (χ3n) is 4.87. The predicted octanol–water partition coefficient (Wildman–Crippen LogP) is 4.05. The van der Waals surface area contributed by atoms with Crippen molar-refractivity contribution >= 4 is 11.3 Å². The number of hydrogen-bond donors (Lipinski definition) is 1. The first-order valence-electron chi connectivity index (χ1n) is 6.02. The summed E-state index contributed by atoms with van der Waals surface area (Å²) >= 11 is 1.87. The average Bonchev–Trinajstić information content (AvgIpc) is 2.37. The summed E-state index contributed by atoms with van der Waals surface area (Å²) in [7, 11) is 0. The van der Waals surface area contributed by atoms with Crippen molar-refractivity contribution < 1.29 is 0 Å². The van der Waals surface area contributed by atoms with E-state index < -0.39 is 0 Å². The minimum atomic E-state index is 0.212. The van der Waals surface area contributed by atoms with Crippen LogP contribution in [0.25, 0.3) is 0 Å². The Labute approximate surface area is 103 Å². The molecule has 0 saturated heterocycles. The molecule has 1 nitrogen and oxygen atoms in total. The van der Waals surface area contributed by atoms with E-state index in [4.69, 9.17) is 5.73 Å². The summed E-state index contributed by atoms with van der Waals surface area (Å²) in [5, 5.41) is 0. The van der Waals surface area contributed by atoms with Gasteiger partial charge in [0.25, 0.3) is 0 Å². The number of aryl methyl sites for hydroxylation is 2. The van der Waals surface area contributed by atoms with E-state index in [9.17, 15) is 0 Å². The van der Waals surface area contributed by atoms with Gasteiger partial charge in [-0.15, -0.1) is 11.3 Å². The molecule has 1 atom stereocenters. The van der Waals surface area contributed by atoms with Gasteiger partial charge >= 0.3 is 0 Å². The van der Waals surface area contributed by atoms with Crippen LogP contribution in [0.3, 0.4) is 0 Å². The molecule has 0 radical (unpaired) electrons. The lowest BCUT2D eigenvalue weighted by atomic mass is 10.0. The van der Waals surface area contributed by atoms with Crippen LogP contribution < -0.4 is 5.73 Å². The highest BCUT2D eigenvalue weighted by Gasteiger charge is 2.66. The second kappa shape index (κ2) is 3.33. The molecule has 0 aliphatic heterocycles. The minimum absolute atomic E-state index is 0.212. The molecule has 0 spiro atoms. The topological polar surface area (TPSA) is 26.0 Å². The van der Waals surface area contributed by atoms with Crippen molar-refractivity contribution in [2.75, 3.05) is 0 Å². The van der Waals surface area contributed by atoms with Gasteiger partial charge < -0.3 is 5.73 Å². The van der Waals surface area contributed by atoms with Gasteiger partial charge in [0.15, 0.2) is 0 Å². The van der Waals surface area contributed by atoms with Crippen molar-refractivity contribution in [2.24, 2.45) is 22.5 Å². The van der Waals surface area contributed by atoms with Crippen molar-refractivity contribution in [2.45, 2.75) is 47.6 Å². The fourth-order valence-electron chi connectivity index (χ4n) is 3.29. The van der Waals surface area contributed by atoms with Gasteiger partial charge in [-0.25, -0.2) is 0 Å². The van der Waals surface area contributed by atoms with Crippen molar-refractivity contribution in [1.82, 2.24) is 0 Å². The number of hydrogen-bond acceptors (Lipinski definition) is 2. The van der Waals surface area contributed by atoms with Crippen LogP contribution in [0.4, 0.5) is 0 Å². The Morgan fingerprint density at radius 1 is 1.19 bits per heavy atom. The van der Waals surface area contributed by atoms with Gasteiger partial charge in [0.05, 0.1) is 0 Å². The second-order valence-electron chi connectivity index (χ2n) is 6.35. The summed E-state index contributed by atoms with van der Waals surface area (Å²) in [4.78, 5) is 2.76. The molecule has 1 fully saturated rings. The van der Waals surface area contributed by atoms with Crippen molar-refractivity contribution in [3.8, 4) is 0 Å². The fourth-order valence-corrected chi connectivity index (χ4v) is 4.36. The predicted molar refractivity (Wildman–Crippen MR) is 71.8 cm³/mol. The van der Waals surface area contributed by atoms with Crippen LogP contribution in [-0.2, 0) is 0 Å². The monoisotopic (exact) mass is 237 g/mol. The minimum Gasteiger partial charge on any atom is -0.323 e. The van der Waals surface area contributed by atoms with Crippen molar-refractivity contribution in [3.05, 3.63) is 21.4 Å². The zero-order valence-corrected chi connectivity index (χ0v) is 12.0. The van der Waals surface area contributed by atoms with E-state index in [2.05, 4.69) is 47.6 Å². The number of rotatable bonds is 2. The summed E-state index contributed by atoms with van der Waals surface area (Å²) in [5.74, 6) is 0.608. The molecule has 0 aromatic carbocycles. The quantitative estimate of drug-likeness (QED) is 0.825. The Morgan fingerprint density at radius 3 is 2.00 bits per heavy atom. The Bertz CT molecular complexity index is 400. The maximum Gasteiger partial charge on any atom is 0.0431 e. The molecule has 1 heterocycles. The summed E-state index contributed by atoms with van der Waals surface area (Å²) in [6.07, 6.45) is 0. The van der Waals surface area contributed by atoms with E-state index in [1.165, 1.54) is 15.3 Å². The van der Waals surface area contributed by atoms with Gasteiger partial charge in [0, 0.05) is 15.8 Å². The van der Waals surface area contributed by atoms with Gasteiger partial charge in [-0.2, -0.15) is 0 Å². The smallest absolute Gasteiger partial charge is 0.0431 e. The molecule has 0 amide bonds. The highest BCUT2D eigenvalue weighted by atomic mass is 32.1. The van der Waals surface area contributed by atoms with Crippen LogP contribution in [0.5, 0.6) is 0 Å². The molecule has 2 N–H and O–H groups in total. The van der Waals surface area contributed by atoms with E-state index in [1.807, 2.05) is 11.3 Å². The van der Waals surface area contributed by atoms with Crippen LogP contribution in [0.2, 0.25) is 0 Å². The molecule has 1 aromatic rings. The average molecular weight is 237 g/mol. The Balaban J connectivity index is 2.29. The Kier molecular flexibility index (Phi) is 2.52. The normalized spacial score (nSPS) is 24.4. The van der Waals surface area contributed by atoms with Crippen molar-refractivity contribution in [3.63, 3.8) is 0 Å². The molecule has 1 unspecified atom stereocenters. The van der Waals surface area contributed by atoms with E-state index in [0.29, 0.717) is 16.7 Å². The van der Waals surface area contributed by atoms with Crippen LogP contribution >= 0.6 is 11.3 Å². The highest BCUT2D eigenvalue weighted by Crippen LogP contribution is 2.72. The summed E-state index contributed by atoms with van der Waals surface area (Å²) in [5.41, 5.74) is 8.59. The summed E-state index contributed by atoms with van der Waals surface area (Å²) in [6.45, 7) is 13.7. The van der Waals surface area contributed by atoms with E-state index in [0.717, 1.165) is 0 Å². The molecule has 0 bridgehead atoms. The molecule has 1 aromatic heterocycles. The largest absolute Gasteiger partial charge is 0.323 e. The van der Waals surface area contributed by atoms with Crippen molar-refractivity contribution in [1.29, 1.82) is 0 Å². The number of nitrogens with two attached hydrogens (primary N) is 1. The molecule has 1 aliphatic carbocycles. The molecule has 16 heavy (non-hydrogen) atoms. The molecule has 1 saturated carbocycles. The molecule has 2 rings (SSSR count). The van der Waals surface area contributed by atoms with E-state index >= 15 is 0 Å². The first-order valence-corrected chi connectivity index (χ1v) is 6.83. The second-order valence-corrected chi connectivity index (χ2v) is 7.64. The SMILES string of the molecule is Cc1cc(C)c(C(N)C2C(C)(C)C2(C)C)s1. The molecule has 2 heteroatoms. The summed E-state index contributed by atoms with van der Waals surface area (Å²) in [6, 6.07) is 2.46. The van der Waals surface area contributed by atoms with E-state index in [1.54, 1.807) is 0 Å². The first kappa shape index (κ1) is 12.1. The Hall–Kier alpha value is -0.340. The zero-order valence-electron chi connectivity index (χ0n) is 11.2. The maximum atomic E-state index is 6.48. The lowest BCUT2D eigenvalue weighted by molar-refractivity contribution is 0.457. The molecular formula is C14H23NS. The van der Waals surface area contributed by atoms with Crippen LogP contribution in [0.15, 0.2) is 6.07 Å². The molecule has 90 valence electrons.